The molecule has 0 aromatic carbocycles. The fourth-order valence-electron chi connectivity index (χ4n) is 4.96. The maximum atomic E-state index is 13.9. The van der Waals surface area contributed by atoms with Crippen molar-refractivity contribution in [1.82, 2.24) is 40.0 Å². The number of aromatic nitrogens is 6. The third-order valence-electron chi connectivity index (χ3n) is 7.06. The zero-order chi connectivity index (χ0) is 30.8. The van der Waals surface area contributed by atoms with Crippen LogP contribution in [0.25, 0.3) is 5.65 Å². The normalized spacial score (nSPS) is 17.5. The van der Waals surface area contributed by atoms with Crippen molar-refractivity contribution in [2.24, 2.45) is 5.92 Å². The summed E-state index contributed by atoms with van der Waals surface area (Å²) in [4.78, 5) is 34.1. The second kappa shape index (κ2) is 12.2. The van der Waals surface area contributed by atoms with Gasteiger partial charge >= 0.3 is 6.18 Å². The lowest BCUT2D eigenvalue weighted by Gasteiger charge is -2.33. The fraction of sp³-hybridized carbons (Fsp3) is 0.600. The highest BCUT2D eigenvalue weighted by molar-refractivity contribution is 5.91. The number of imidazole rings is 1. The van der Waals surface area contributed by atoms with Crippen LogP contribution >= 0.6 is 0 Å². The van der Waals surface area contributed by atoms with Gasteiger partial charge in [-0.2, -0.15) is 23.4 Å². The fourth-order valence-corrected chi connectivity index (χ4v) is 4.96. The zero-order valence-corrected chi connectivity index (χ0v) is 22.6. The molecule has 2 N–H and O–H groups in total. The largest absolute Gasteiger partial charge is 0.405 e. The summed E-state index contributed by atoms with van der Waals surface area (Å²) in [6.45, 7) is 1.89. The molecule has 2 amide bonds. The molecule has 0 aliphatic heterocycles. The highest BCUT2D eigenvalue weighted by Crippen LogP contribution is 2.41. The molecule has 1 fully saturated rings. The number of carbonyl (C=O) groups is 2. The Morgan fingerprint density at radius 2 is 1.83 bits per heavy atom. The monoisotopic (exact) mass is 606 g/mol. The standard InChI is InChI=1S/C25H29F7N8O2/c1-13(2)40-21(34-12-36-40)23(42)38-20(14-3-5-24(28,29)6-4-14)17-10-39-19(37-17)7-15(9-35-39)16(8-18(26)27)22(41)33-11-25(30,31)32/h7,9-10,12-14,16,18,20H,3-6,8,11H2,1-2H3,(H,33,41)(H,38,42). The van der Waals surface area contributed by atoms with Crippen LogP contribution in [0.5, 0.6) is 0 Å². The molecular weight excluding hydrogens is 577 g/mol. The molecule has 0 bridgehead atoms. The number of carbonyl (C=O) groups excluding carboxylic acids is 2. The molecule has 2 unspecified atom stereocenters. The first-order valence-electron chi connectivity index (χ1n) is 13.2. The Hall–Kier alpha value is -3.79. The molecule has 0 spiro atoms. The van der Waals surface area contributed by atoms with Crippen LogP contribution in [0.4, 0.5) is 30.7 Å². The van der Waals surface area contributed by atoms with Gasteiger partial charge in [0, 0.05) is 25.3 Å². The minimum atomic E-state index is -4.74. The summed E-state index contributed by atoms with van der Waals surface area (Å²) in [5.74, 6) is -6.82. The molecule has 1 aliphatic carbocycles. The van der Waals surface area contributed by atoms with Gasteiger partial charge in [-0.15, -0.1) is 0 Å². The van der Waals surface area contributed by atoms with Gasteiger partial charge in [0.25, 0.3) is 5.91 Å². The van der Waals surface area contributed by atoms with Crippen LogP contribution in [0.1, 0.15) is 85.8 Å². The van der Waals surface area contributed by atoms with Crippen LogP contribution in [0.3, 0.4) is 0 Å². The molecule has 230 valence electrons. The lowest BCUT2D eigenvalue weighted by atomic mass is 9.81. The van der Waals surface area contributed by atoms with E-state index in [9.17, 15) is 40.3 Å². The summed E-state index contributed by atoms with van der Waals surface area (Å²) in [5.41, 5.74) is 0.185. The molecule has 1 aliphatic rings. The number of nitrogens with one attached hydrogen (secondary N) is 2. The van der Waals surface area contributed by atoms with Crippen molar-refractivity contribution in [3.05, 3.63) is 41.9 Å². The van der Waals surface area contributed by atoms with Crippen LogP contribution in [0.2, 0.25) is 0 Å². The van der Waals surface area contributed by atoms with Gasteiger partial charge in [-0.1, -0.05) is 0 Å². The summed E-state index contributed by atoms with van der Waals surface area (Å²) >= 11 is 0. The maximum Gasteiger partial charge on any atom is 0.405 e. The Bertz CT molecular complexity index is 1390. The Morgan fingerprint density at radius 3 is 2.45 bits per heavy atom. The lowest BCUT2D eigenvalue weighted by molar-refractivity contribution is -0.139. The van der Waals surface area contributed by atoms with Gasteiger partial charge < -0.3 is 10.6 Å². The van der Waals surface area contributed by atoms with E-state index < -0.39 is 74.0 Å². The van der Waals surface area contributed by atoms with Crippen LogP contribution in [-0.2, 0) is 4.79 Å². The molecule has 42 heavy (non-hydrogen) atoms. The van der Waals surface area contributed by atoms with E-state index >= 15 is 0 Å². The van der Waals surface area contributed by atoms with Crippen molar-refractivity contribution < 1.29 is 40.3 Å². The zero-order valence-electron chi connectivity index (χ0n) is 22.6. The van der Waals surface area contributed by atoms with Crippen molar-refractivity contribution in [3.8, 4) is 0 Å². The summed E-state index contributed by atoms with van der Waals surface area (Å²) < 4.78 is 94.8. The molecular formula is C25H29F7N8O2. The van der Waals surface area contributed by atoms with E-state index in [1.54, 1.807) is 19.2 Å². The number of alkyl halides is 7. The smallest absolute Gasteiger partial charge is 0.346 e. The van der Waals surface area contributed by atoms with Crippen molar-refractivity contribution in [2.75, 3.05) is 6.54 Å². The van der Waals surface area contributed by atoms with Crippen molar-refractivity contribution in [3.63, 3.8) is 0 Å². The number of amides is 2. The van der Waals surface area contributed by atoms with E-state index in [1.165, 1.54) is 27.8 Å². The molecule has 3 aromatic rings. The van der Waals surface area contributed by atoms with E-state index in [0.717, 1.165) is 6.20 Å². The van der Waals surface area contributed by atoms with Crippen LogP contribution < -0.4 is 10.6 Å². The first kappa shape index (κ1) is 31.2. The third kappa shape index (κ3) is 7.53. The molecule has 3 heterocycles. The SMILES string of the molecule is CC(C)n1ncnc1C(=O)NC(c1cn2ncc(C(CC(F)F)C(=O)NCC(F)(F)F)cc2n1)C1CCC(F)(F)CC1. The first-order valence-corrected chi connectivity index (χ1v) is 13.2. The van der Waals surface area contributed by atoms with Crippen LogP contribution in [-0.4, -0.2) is 66.2 Å². The van der Waals surface area contributed by atoms with Gasteiger partial charge in [0.1, 0.15) is 12.9 Å². The first-order chi connectivity index (χ1) is 19.6. The van der Waals surface area contributed by atoms with Crippen molar-refractivity contribution in [1.29, 1.82) is 0 Å². The van der Waals surface area contributed by atoms with E-state index in [-0.39, 0.29) is 41.6 Å². The number of hydrogen-bond donors (Lipinski definition) is 2. The number of rotatable bonds is 10. The lowest BCUT2D eigenvalue weighted by Crippen LogP contribution is -2.38. The molecule has 0 saturated heterocycles. The Balaban J connectivity index is 1.66. The van der Waals surface area contributed by atoms with Crippen LogP contribution in [0.15, 0.2) is 24.8 Å². The molecule has 1 saturated carbocycles. The quantitative estimate of drug-likeness (QED) is 0.326. The number of fused-ring (bicyclic) bond motifs is 1. The van der Waals surface area contributed by atoms with Gasteiger partial charge in [0.2, 0.25) is 24.1 Å². The number of nitrogens with zero attached hydrogens (tertiary/aromatic N) is 6. The summed E-state index contributed by atoms with van der Waals surface area (Å²) in [6, 6.07) is 0.162. The van der Waals surface area contributed by atoms with Gasteiger partial charge in [-0.05, 0) is 44.2 Å². The minimum absolute atomic E-state index is 0.0000229. The molecule has 2 atom stereocenters. The maximum absolute atomic E-state index is 13.9. The predicted octanol–water partition coefficient (Wildman–Crippen LogP) is 4.62. The van der Waals surface area contributed by atoms with E-state index in [0.29, 0.717) is 0 Å². The number of hydrogen-bond acceptors (Lipinski definition) is 6. The van der Waals surface area contributed by atoms with E-state index in [4.69, 9.17) is 0 Å². The number of halogens is 7. The summed E-state index contributed by atoms with van der Waals surface area (Å²) in [5, 5.41) is 12.6. The second-order valence-electron chi connectivity index (χ2n) is 10.5. The average Bonchev–Trinajstić information content (AvgIpc) is 3.56. The van der Waals surface area contributed by atoms with E-state index in [2.05, 4.69) is 25.5 Å². The van der Waals surface area contributed by atoms with Gasteiger partial charge in [-0.3, -0.25) is 9.59 Å². The molecule has 10 nitrogen and oxygen atoms in total. The van der Waals surface area contributed by atoms with Crippen molar-refractivity contribution in [2.45, 2.75) is 82.5 Å². The summed E-state index contributed by atoms with van der Waals surface area (Å²) in [6.07, 6.45) is -5.76. The average molecular weight is 607 g/mol. The Labute approximate surface area is 235 Å². The van der Waals surface area contributed by atoms with Gasteiger partial charge in [-0.25, -0.2) is 36.7 Å². The highest BCUT2D eigenvalue weighted by atomic mass is 19.4. The van der Waals surface area contributed by atoms with E-state index in [1.807, 2.05) is 0 Å². The highest BCUT2D eigenvalue weighted by Gasteiger charge is 2.40. The van der Waals surface area contributed by atoms with Gasteiger partial charge in [0.05, 0.1) is 30.0 Å². The molecule has 17 heteroatoms. The molecule has 4 rings (SSSR count). The predicted molar refractivity (Wildman–Crippen MR) is 133 cm³/mol. The minimum Gasteiger partial charge on any atom is -0.346 e. The van der Waals surface area contributed by atoms with Crippen molar-refractivity contribution >= 4 is 17.5 Å². The topological polar surface area (TPSA) is 119 Å². The molecule has 0 radical (unpaired) electrons. The Morgan fingerprint density at radius 1 is 1.14 bits per heavy atom. The van der Waals surface area contributed by atoms with Gasteiger partial charge in [0.15, 0.2) is 5.65 Å². The third-order valence-corrected chi connectivity index (χ3v) is 7.06. The van der Waals surface area contributed by atoms with Crippen LogP contribution in [0, 0.1) is 5.92 Å². The Kier molecular flexibility index (Phi) is 9.06. The molecule has 3 aromatic heterocycles. The second-order valence-corrected chi connectivity index (χ2v) is 10.5. The summed E-state index contributed by atoms with van der Waals surface area (Å²) in [7, 11) is 0.